The lowest BCUT2D eigenvalue weighted by Crippen LogP contribution is -2.36. The second-order valence-corrected chi connectivity index (χ2v) is 7.54. The van der Waals surface area contributed by atoms with Gasteiger partial charge in [-0.3, -0.25) is 4.40 Å². The molecule has 11 heteroatoms. The molecule has 0 radical (unpaired) electrons. The maximum Gasteiger partial charge on any atom is 0.417 e. The third-order valence-corrected chi connectivity index (χ3v) is 5.22. The van der Waals surface area contributed by atoms with Gasteiger partial charge in [0.05, 0.1) is 17.1 Å². The van der Waals surface area contributed by atoms with Gasteiger partial charge in [0.1, 0.15) is 0 Å². The summed E-state index contributed by atoms with van der Waals surface area (Å²) in [5.41, 5.74) is 0.377. The van der Waals surface area contributed by atoms with Gasteiger partial charge in [-0.2, -0.15) is 24.9 Å². The molecule has 0 atom stereocenters. The van der Waals surface area contributed by atoms with Crippen LogP contribution >= 0.6 is 23.4 Å². The predicted octanol–water partition coefficient (Wildman–Crippen LogP) is 4.13. The first-order valence-corrected chi connectivity index (χ1v) is 10.1. The van der Waals surface area contributed by atoms with Gasteiger partial charge >= 0.3 is 12.2 Å². The van der Waals surface area contributed by atoms with Gasteiger partial charge in [0.25, 0.3) is 0 Å². The van der Waals surface area contributed by atoms with Crippen LogP contribution in [-0.4, -0.2) is 32.9 Å². The quantitative estimate of drug-likeness (QED) is 0.538. The molecule has 0 bridgehead atoms. The molecule has 3 rings (SSSR count). The monoisotopic (exact) mass is 443 g/mol. The second-order valence-electron chi connectivity index (χ2n) is 6.03. The zero-order valence-corrected chi connectivity index (χ0v) is 16.6. The fourth-order valence-corrected chi connectivity index (χ4v) is 3.56. The lowest BCUT2D eigenvalue weighted by atomic mass is 10.2. The number of benzene rings is 1. The number of halogens is 4. The van der Waals surface area contributed by atoms with Crippen molar-refractivity contribution in [2.75, 3.05) is 12.3 Å². The number of fused-ring (bicyclic) bond motifs is 1. The molecule has 0 saturated heterocycles. The van der Waals surface area contributed by atoms with Crippen LogP contribution in [0.15, 0.2) is 42.6 Å². The number of hydrogen-bond acceptors (Lipinski definition) is 4. The van der Waals surface area contributed by atoms with Crippen molar-refractivity contribution in [3.8, 4) is 0 Å². The van der Waals surface area contributed by atoms with Crippen molar-refractivity contribution in [1.82, 2.24) is 25.2 Å². The van der Waals surface area contributed by atoms with Crippen molar-refractivity contribution < 1.29 is 18.0 Å². The van der Waals surface area contributed by atoms with Crippen LogP contribution in [0.25, 0.3) is 5.65 Å². The number of nitrogens with zero attached hydrogens (tertiary/aromatic N) is 3. The summed E-state index contributed by atoms with van der Waals surface area (Å²) in [4.78, 5) is 11.9. The number of urea groups is 1. The highest BCUT2D eigenvalue weighted by molar-refractivity contribution is 7.98. The Kier molecular flexibility index (Phi) is 6.86. The summed E-state index contributed by atoms with van der Waals surface area (Å²) in [6.07, 6.45) is -3.70. The molecule has 0 aliphatic rings. The molecule has 29 heavy (non-hydrogen) atoms. The fraction of sp³-hybridized carbons (Fsp3) is 0.278. The number of aromatic nitrogens is 3. The molecule has 2 heterocycles. The Morgan fingerprint density at radius 1 is 1.17 bits per heavy atom. The normalized spacial score (nSPS) is 11.6. The van der Waals surface area contributed by atoms with E-state index in [0.29, 0.717) is 6.54 Å². The predicted molar refractivity (Wildman–Crippen MR) is 106 cm³/mol. The van der Waals surface area contributed by atoms with Crippen molar-refractivity contribution in [2.24, 2.45) is 0 Å². The minimum Gasteiger partial charge on any atom is -0.337 e. The van der Waals surface area contributed by atoms with Crippen LogP contribution < -0.4 is 10.6 Å². The number of amides is 2. The Balaban J connectivity index is 1.48. The van der Waals surface area contributed by atoms with Crippen LogP contribution in [0.4, 0.5) is 18.0 Å². The third kappa shape index (κ3) is 5.77. The Hall–Kier alpha value is -2.46. The Labute approximate surface area is 173 Å². The fourth-order valence-electron chi connectivity index (χ4n) is 2.50. The van der Waals surface area contributed by atoms with E-state index in [0.717, 1.165) is 28.2 Å². The number of carbonyl (C=O) groups is 1. The number of thioether (sulfide) groups is 1. The number of nitrogens with one attached hydrogen (secondary N) is 2. The van der Waals surface area contributed by atoms with Crippen molar-refractivity contribution >= 4 is 35.0 Å². The number of rotatable bonds is 7. The van der Waals surface area contributed by atoms with E-state index >= 15 is 0 Å². The molecule has 0 aliphatic heterocycles. The molecule has 3 aromatic rings. The third-order valence-electron chi connectivity index (χ3n) is 3.91. The minimum absolute atomic E-state index is 0.0918. The summed E-state index contributed by atoms with van der Waals surface area (Å²) in [6.45, 7) is 0.357. The van der Waals surface area contributed by atoms with Crippen LogP contribution in [0, 0.1) is 0 Å². The lowest BCUT2D eigenvalue weighted by molar-refractivity contribution is -0.137. The van der Waals surface area contributed by atoms with E-state index in [1.807, 2.05) is 30.3 Å². The molecule has 6 nitrogen and oxygen atoms in total. The zero-order chi connectivity index (χ0) is 20.9. The maximum atomic E-state index is 13.0. The van der Waals surface area contributed by atoms with E-state index in [9.17, 15) is 18.0 Å². The summed E-state index contributed by atoms with van der Waals surface area (Å²) in [6, 6.07) is 10.3. The summed E-state index contributed by atoms with van der Waals surface area (Å²) < 4.78 is 40.0. The van der Waals surface area contributed by atoms with Crippen LogP contribution in [-0.2, 0) is 18.5 Å². The number of pyridine rings is 1. The average molecular weight is 444 g/mol. The van der Waals surface area contributed by atoms with Gasteiger partial charge in [0.15, 0.2) is 11.5 Å². The Morgan fingerprint density at radius 2 is 1.93 bits per heavy atom. The SMILES string of the molecule is O=C(NCCSCc1ccccc1)NCc1nnc2c(Cl)cc(C(F)(F)F)cn12. The highest BCUT2D eigenvalue weighted by Gasteiger charge is 2.32. The molecule has 2 N–H and O–H groups in total. The van der Waals surface area contributed by atoms with Gasteiger partial charge in [-0.05, 0) is 11.6 Å². The van der Waals surface area contributed by atoms with E-state index in [2.05, 4.69) is 20.8 Å². The number of carbonyl (C=O) groups excluding carboxylic acids is 1. The van der Waals surface area contributed by atoms with E-state index < -0.39 is 17.8 Å². The number of hydrogen-bond donors (Lipinski definition) is 2. The van der Waals surface area contributed by atoms with Crippen molar-refractivity contribution in [2.45, 2.75) is 18.5 Å². The first kappa shape index (κ1) is 21.3. The molecule has 1 aromatic carbocycles. The smallest absolute Gasteiger partial charge is 0.337 e. The van der Waals surface area contributed by atoms with Gasteiger partial charge < -0.3 is 10.6 Å². The highest BCUT2D eigenvalue weighted by Crippen LogP contribution is 2.32. The Morgan fingerprint density at radius 3 is 2.66 bits per heavy atom. The lowest BCUT2D eigenvalue weighted by Gasteiger charge is -2.10. The van der Waals surface area contributed by atoms with Crippen molar-refractivity contribution in [3.05, 3.63) is 64.6 Å². The highest BCUT2D eigenvalue weighted by atomic mass is 35.5. The molecule has 2 aromatic heterocycles. The second kappa shape index (κ2) is 9.36. The Bertz CT molecular complexity index is 981. The van der Waals surface area contributed by atoms with Gasteiger partial charge in [0.2, 0.25) is 0 Å². The molecule has 0 aliphatic carbocycles. The summed E-state index contributed by atoms with van der Waals surface area (Å²) >= 11 is 7.54. The summed E-state index contributed by atoms with van der Waals surface area (Å²) in [5.74, 6) is 1.71. The minimum atomic E-state index is -4.55. The maximum absolute atomic E-state index is 13.0. The van der Waals surface area contributed by atoms with Crippen LogP contribution in [0.2, 0.25) is 5.02 Å². The standard InChI is InChI=1S/C18H17ClF3N5OS/c19-14-8-13(18(20,21)22)10-27-15(25-26-16(14)27)9-24-17(28)23-6-7-29-11-12-4-2-1-3-5-12/h1-5,8,10H,6-7,9,11H2,(H2,23,24,28). The average Bonchev–Trinajstić information content (AvgIpc) is 3.10. The topological polar surface area (TPSA) is 71.3 Å². The van der Waals surface area contributed by atoms with Crippen molar-refractivity contribution in [1.29, 1.82) is 0 Å². The van der Waals surface area contributed by atoms with Crippen LogP contribution in [0.3, 0.4) is 0 Å². The molecular formula is C18H17ClF3N5OS. The number of alkyl halides is 3. The van der Waals surface area contributed by atoms with Gasteiger partial charge in [0, 0.05) is 24.2 Å². The first-order valence-electron chi connectivity index (χ1n) is 8.58. The molecule has 0 spiro atoms. The van der Waals surface area contributed by atoms with Gasteiger partial charge in [-0.1, -0.05) is 41.9 Å². The first-order chi connectivity index (χ1) is 13.8. The van der Waals surface area contributed by atoms with E-state index in [4.69, 9.17) is 11.6 Å². The molecular weight excluding hydrogens is 427 g/mol. The van der Waals surface area contributed by atoms with Crippen molar-refractivity contribution in [3.63, 3.8) is 0 Å². The van der Waals surface area contributed by atoms with E-state index in [1.165, 1.54) is 5.56 Å². The molecule has 2 amide bonds. The summed E-state index contributed by atoms with van der Waals surface area (Å²) in [5, 5.41) is 12.7. The van der Waals surface area contributed by atoms with Crippen LogP contribution in [0.5, 0.6) is 0 Å². The van der Waals surface area contributed by atoms with E-state index in [1.54, 1.807) is 11.8 Å². The molecule has 154 valence electrons. The van der Waals surface area contributed by atoms with E-state index in [-0.39, 0.29) is 23.0 Å². The molecule has 0 fully saturated rings. The zero-order valence-electron chi connectivity index (χ0n) is 15.0. The molecule has 0 unspecified atom stereocenters. The summed E-state index contributed by atoms with van der Waals surface area (Å²) in [7, 11) is 0. The van der Waals surface area contributed by atoms with Gasteiger partial charge in [-0.15, -0.1) is 10.2 Å². The van der Waals surface area contributed by atoms with Gasteiger partial charge in [-0.25, -0.2) is 4.79 Å². The molecule has 0 saturated carbocycles. The largest absolute Gasteiger partial charge is 0.417 e. The van der Waals surface area contributed by atoms with Crippen LogP contribution in [0.1, 0.15) is 17.0 Å².